The lowest BCUT2D eigenvalue weighted by Crippen LogP contribution is -2.30. The van der Waals surface area contributed by atoms with Crippen LogP contribution in [0.3, 0.4) is 0 Å². The van der Waals surface area contributed by atoms with Crippen LogP contribution in [0.4, 0.5) is 5.82 Å². The van der Waals surface area contributed by atoms with E-state index in [9.17, 15) is 0 Å². The summed E-state index contributed by atoms with van der Waals surface area (Å²) in [5.41, 5.74) is 10.0. The Kier molecular flexibility index (Phi) is 6.12. The van der Waals surface area contributed by atoms with Crippen molar-refractivity contribution in [3.63, 3.8) is 0 Å². The van der Waals surface area contributed by atoms with Crippen molar-refractivity contribution in [3.8, 4) is 11.3 Å². The van der Waals surface area contributed by atoms with Crippen molar-refractivity contribution < 1.29 is 0 Å². The van der Waals surface area contributed by atoms with Gasteiger partial charge < -0.3 is 15.6 Å². The van der Waals surface area contributed by atoms with Crippen LogP contribution in [0.5, 0.6) is 0 Å². The van der Waals surface area contributed by atoms with Crippen LogP contribution in [0.15, 0.2) is 36.4 Å². The molecule has 1 aromatic carbocycles. The van der Waals surface area contributed by atoms with E-state index in [1.165, 1.54) is 24.8 Å². The van der Waals surface area contributed by atoms with Gasteiger partial charge >= 0.3 is 0 Å². The minimum Gasteiger partial charge on any atom is -0.355 e. The Hall–Kier alpha value is -2.11. The van der Waals surface area contributed by atoms with Gasteiger partial charge in [-0.1, -0.05) is 30.3 Å². The Morgan fingerprint density at radius 3 is 2.54 bits per heavy atom. The summed E-state index contributed by atoms with van der Waals surface area (Å²) in [4.78, 5) is 15.7. The Morgan fingerprint density at radius 2 is 1.81 bits per heavy atom. The second kappa shape index (κ2) is 8.52. The number of aromatic amines is 1. The number of benzene rings is 1. The molecule has 0 spiro atoms. The van der Waals surface area contributed by atoms with E-state index in [4.69, 9.17) is 15.7 Å². The second-order valence-electron chi connectivity index (χ2n) is 6.71. The molecule has 0 bridgehead atoms. The molecule has 0 radical (unpaired) electrons. The van der Waals surface area contributed by atoms with Crippen molar-refractivity contribution in [3.05, 3.63) is 42.2 Å². The highest BCUT2D eigenvalue weighted by molar-refractivity contribution is 5.91. The SMILES string of the molecule is Cl.NCCCc1nc(N2CCCCC2)c2[nH]c(-c3ccccc3)cc2n1. The molecule has 0 aliphatic carbocycles. The zero-order chi connectivity index (χ0) is 17.1. The lowest BCUT2D eigenvalue weighted by Gasteiger charge is -2.28. The van der Waals surface area contributed by atoms with Gasteiger partial charge in [-0.25, -0.2) is 9.97 Å². The van der Waals surface area contributed by atoms with Crippen LogP contribution >= 0.6 is 12.4 Å². The minimum absolute atomic E-state index is 0. The highest BCUT2D eigenvalue weighted by Crippen LogP contribution is 2.30. The number of nitrogens with zero attached hydrogens (tertiary/aromatic N) is 3. The van der Waals surface area contributed by atoms with Crippen molar-refractivity contribution in [2.24, 2.45) is 5.73 Å². The molecule has 1 aliphatic heterocycles. The van der Waals surface area contributed by atoms with E-state index in [1.807, 2.05) is 6.07 Å². The van der Waals surface area contributed by atoms with E-state index in [0.717, 1.165) is 54.3 Å². The molecule has 1 aliphatic rings. The maximum atomic E-state index is 5.68. The van der Waals surface area contributed by atoms with Crippen molar-refractivity contribution >= 4 is 29.3 Å². The van der Waals surface area contributed by atoms with Gasteiger partial charge in [0.25, 0.3) is 0 Å². The molecular formula is C20H26ClN5. The van der Waals surface area contributed by atoms with Crippen LogP contribution in [0.25, 0.3) is 22.3 Å². The molecule has 0 atom stereocenters. The van der Waals surface area contributed by atoms with Gasteiger partial charge in [0.15, 0.2) is 5.82 Å². The fourth-order valence-corrected chi connectivity index (χ4v) is 3.52. The first kappa shape index (κ1) is 18.7. The lowest BCUT2D eigenvalue weighted by molar-refractivity contribution is 0.573. The summed E-state index contributed by atoms with van der Waals surface area (Å²) >= 11 is 0. The molecule has 6 heteroatoms. The molecule has 3 N–H and O–H groups in total. The van der Waals surface area contributed by atoms with Gasteiger partial charge in [-0.2, -0.15) is 0 Å². The van der Waals surface area contributed by atoms with Crippen molar-refractivity contribution in [1.29, 1.82) is 0 Å². The largest absolute Gasteiger partial charge is 0.355 e. The van der Waals surface area contributed by atoms with Crippen LogP contribution in [-0.2, 0) is 6.42 Å². The minimum atomic E-state index is 0. The summed E-state index contributed by atoms with van der Waals surface area (Å²) < 4.78 is 0. The highest BCUT2D eigenvalue weighted by atomic mass is 35.5. The van der Waals surface area contributed by atoms with Crippen LogP contribution in [0, 0.1) is 0 Å². The van der Waals surface area contributed by atoms with Crippen LogP contribution in [0.2, 0.25) is 0 Å². The Balaban J connectivity index is 0.00000196. The molecule has 3 heterocycles. The molecular weight excluding hydrogens is 346 g/mol. The number of piperidine rings is 1. The molecule has 26 heavy (non-hydrogen) atoms. The van der Waals surface area contributed by atoms with Gasteiger partial charge in [0.1, 0.15) is 11.3 Å². The van der Waals surface area contributed by atoms with Gasteiger partial charge in [0.05, 0.1) is 5.52 Å². The molecule has 0 unspecified atom stereocenters. The summed E-state index contributed by atoms with van der Waals surface area (Å²) in [6.07, 6.45) is 5.52. The third-order valence-corrected chi connectivity index (χ3v) is 4.85. The van der Waals surface area contributed by atoms with Crippen molar-refractivity contribution in [1.82, 2.24) is 15.0 Å². The lowest BCUT2D eigenvalue weighted by atomic mass is 10.1. The maximum Gasteiger partial charge on any atom is 0.156 e. The van der Waals surface area contributed by atoms with Crippen LogP contribution in [-0.4, -0.2) is 34.6 Å². The number of aryl methyl sites for hydroxylation is 1. The van der Waals surface area contributed by atoms with Crippen molar-refractivity contribution in [2.45, 2.75) is 32.1 Å². The predicted octanol–water partition coefficient (Wildman–Crippen LogP) is 3.93. The van der Waals surface area contributed by atoms with E-state index in [0.29, 0.717) is 6.54 Å². The molecule has 3 aromatic rings. The highest BCUT2D eigenvalue weighted by Gasteiger charge is 2.19. The number of aromatic nitrogens is 3. The summed E-state index contributed by atoms with van der Waals surface area (Å²) in [5, 5.41) is 0. The number of nitrogens with two attached hydrogens (primary N) is 1. The van der Waals surface area contributed by atoms with Gasteiger partial charge in [-0.3, -0.25) is 0 Å². The number of fused-ring (bicyclic) bond motifs is 1. The van der Waals surface area contributed by atoms with Gasteiger partial charge in [-0.15, -0.1) is 12.4 Å². The first-order chi connectivity index (χ1) is 12.3. The molecule has 1 fully saturated rings. The van der Waals surface area contributed by atoms with Crippen LogP contribution < -0.4 is 10.6 Å². The molecule has 5 nitrogen and oxygen atoms in total. The van der Waals surface area contributed by atoms with Crippen LogP contribution in [0.1, 0.15) is 31.5 Å². The number of rotatable bonds is 5. The second-order valence-corrected chi connectivity index (χ2v) is 6.71. The van der Waals surface area contributed by atoms with Gasteiger partial charge in [0, 0.05) is 25.2 Å². The number of halogens is 1. The van der Waals surface area contributed by atoms with Crippen molar-refractivity contribution in [2.75, 3.05) is 24.5 Å². The summed E-state index contributed by atoms with van der Waals surface area (Å²) in [7, 11) is 0. The molecule has 4 rings (SSSR count). The number of H-pyrrole nitrogens is 1. The summed E-state index contributed by atoms with van der Waals surface area (Å²) in [5.74, 6) is 1.95. The first-order valence-corrected chi connectivity index (χ1v) is 9.25. The quantitative estimate of drug-likeness (QED) is 0.712. The predicted molar refractivity (Wildman–Crippen MR) is 110 cm³/mol. The molecule has 0 amide bonds. The van der Waals surface area contributed by atoms with Gasteiger partial charge in [-0.05, 0) is 43.9 Å². The van der Waals surface area contributed by atoms with Gasteiger partial charge in [0.2, 0.25) is 0 Å². The Bertz CT molecular complexity index is 840. The van der Waals surface area contributed by atoms with E-state index < -0.39 is 0 Å². The first-order valence-electron chi connectivity index (χ1n) is 9.25. The molecule has 1 saturated heterocycles. The van der Waals surface area contributed by atoms with E-state index in [-0.39, 0.29) is 12.4 Å². The standard InChI is InChI=1S/C20H25N5.ClH/c21-11-7-10-18-22-17-14-16(15-8-3-1-4-9-15)23-19(17)20(24-18)25-12-5-2-6-13-25;/h1,3-4,8-9,14,23H,2,5-7,10-13,21H2;1H. The monoisotopic (exact) mass is 371 g/mol. The third-order valence-electron chi connectivity index (χ3n) is 4.85. The Labute approximate surface area is 160 Å². The smallest absolute Gasteiger partial charge is 0.156 e. The molecule has 2 aromatic heterocycles. The number of anilines is 1. The molecule has 138 valence electrons. The normalized spacial score (nSPS) is 14.4. The number of hydrogen-bond donors (Lipinski definition) is 2. The zero-order valence-corrected chi connectivity index (χ0v) is 15.8. The van der Waals surface area contributed by atoms with E-state index in [1.54, 1.807) is 0 Å². The maximum absolute atomic E-state index is 5.68. The topological polar surface area (TPSA) is 70.8 Å². The van der Waals surface area contributed by atoms with E-state index in [2.05, 4.69) is 40.2 Å². The average molecular weight is 372 g/mol. The fraction of sp³-hybridized carbons (Fsp3) is 0.400. The summed E-state index contributed by atoms with van der Waals surface area (Å²) in [6.45, 7) is 2.81. The zero-order valence-electron chi connectivity index (χ0n) is 14.9. The van der Waals surface area contributed by atoms with E-state index >= 15 is 0 Å². The Morgan fingerprint density at radius 1 is 1.04 bits per heavy atom. The molecule has 0 saturated carbocycles. The fourth-order valence-electron chi connectivity index (χ4n) is 3.52. The number of hydrogen-bond acceptors (Lipinski definition) is 4. The third kappa shape index (κ3) is 3.84. The average Bonchev–Trinajstić information content (AvgIpc) is 3.11. The number of nitrogens with one attached hydrogen (secondary N) is 1. The summed E-state index contributed by atoms with van der Waals surface area (Å²) in [6, 6.07) is 12.5.